The molecule has 0 spiro atoms. The maximum absolute atomic E-state index is 10.9. The average Bonchev–Trinajstić information content (AvgIpc) is 2.03. The van der Waals surface area contributed by atoms with Gasteiger partial charge in [-0.1, -0.05) is 19.3 Å². The van der Waals surface area contributed by atoms with Crippen LogP contribution in [0, 0.1) is 0 Å². The zero-order chi connectivity index (χ0) is 9.95. The van der Waals surface area contributed by atoms with Gasteiger partial charge in [-0.05, 0) is 12.8 Å². The Morgan fingerprint density at radius 1 is 1.23 bits per heavy atom. The van der Waals surface area contributed by atoms with E-state index in [4.69, 9.17) is 10.9 Å². The number of hydrogen-bond acceptors (Lipinski definition) is 3. The van der Waals surface area contributed by atoms with Gasteiger partial charge in [0.1, 0.15) is 0 Å². The molecule has 0 bridgehead atoms. The van der Waals surface area contributed by atoms with Gasteiger partial charge < -0.3 is 5.73 Å². The van der Waals surface area contributed by atoms with Crippen LogP contribution in [0.2, 0.25) is 0 Å². The summed E-state index contributed by atoms with van der Waals surface area (Å²) in [7, 11) is -3.62. The number of nitrogens with two attached hydrogens (primary N) is 2. The molecule has 5 N–H and O–H groups in total. The molecule has 0 radical (unpaired) electrons. The Labute approximate surface area is 79.0 Å². The Morgan fingerprint density at radius 2 is 1.77 bits per heavy atom. The normalized spacial score (nSPS) is 22.9. The first-order valence-corrected chi connectivity index (χ1v) is 6.04. The molecule has 0 unspecified atom stereocenters. The van der Waals surface area contributed by atoms with Crippen molar-refractivity contribution in [2.75, 3.05) is 6.54 Å². The third kappa shape index (κ3) is 3.22. The highest BCUT2D eigenvalue weighted by atomic mass is 32.2. The van der Waals surface area contributed by atoms with Gasteiger partial charge in [0, 0.05) is 12.1 Å². The van der Waals surface area contributed by atoms with E-state index in [1.165, 1.54) is 0 Å². The van der Waals surface area contributed by atoms with E-state index in [9.17, 15) is 8.42 Å². The maximum Gasteiger partial charge on any atom is 0.274 e. The second-order valence-corrected chi connectivity index (χ2v) is 4.99. The van der Waals surface area contributed by atoms with Crippen LogP contribution in [-0.4, -0.2) is 20.5 Å². The third-order valence-electron chi connectivity index (χ3n) is 2.56. The molecule has 1 aliphatic carbocycles. The number of hydrogen-bond donors (Lipinski definition) is 3. The van der Waals surface area contributed by atoms with Gasteiger partial charge in [-0.2, -0.15) is 13.1 Å². The first kappa shape index (κ1) is 10.9. The van der Waals surface area contributed by atoms with E-state index in [0.29, 0.717) is 6.54 Å². The Hall–Kier alpha value is -0.170. The van der Waals surface area contributed by atoms with Gasteiger partial charge in [-0.3, -0.25) is 0 Å². The summed E-state index contributed by atoms with van der Waals surface area (Å²) in [6.45, 7) is 0.323. The molecule has 6 heteroatoms. The SMILES string of the molecule is NCC1(NS(N)(=O)=O)CCCCC1. The van der Waals surface area contributed by atoms with Crippen molar-refractivity contribution in [3.8, 4) is 0 Å². The molecule has 13 heavy (non-hydrogen) atoms. The van der Waals surface area contributed by atoms with Crippen LogP contribution in [0.15, 0.2) is 0 Å². The molecule has 0 heterocycles. The fourth-order valence-corrected chi connectivity index (χ4v) is 2.77. The van der Waals surface area contributed by atoms with Crippen LogP contribution in [0.25, 0.3) is 0 Å². The molecule has 1 saturated carbocycles. The third-order valence-corrected chi connectivity index (χ3v) is 3.28. The molecule has 1 aliphatic rings. The summed E-state index contributed by atoms with van der Waals surface area (Å²) in [6, 6.07) is 0. The van der Waals surface area contributed by atoms with Gasteiger partial charge in [-0.25, -0.2) is 5.14 Å². The minimum Gasteiger partial charge on any atom is -0.329 e. The highest BCUT2D eigenvalue weighted by Gasteiger charge is 2.33. The highest BCUT2D eigenvalue weighted by Crippen LogP contribution is 2.27. The predicted molar refractivity (Wildman–Crippen MR) is 51.1 cm³/mol. The molecule has 0 aromatic rings. The van der Waals surface area contributed by atoms with Crippen molar-refractivity contribution in [1.29, 1.82) is 0 Å². The zero-order valence-electron chi connectivity index (χ0n) is 7.62. The van der Waals surface area contributed by atoms with Crippen LogP contribution in [-0.2, 0) is 10.2 Å². The Kier molecular flexibility index (Phi) is 3.28. The van der Waals surface area contributed by atoms with E-state index in [1.807, 2.05) is 0 Å². The van der Waals surface area contributed by atoms with Crippen molar-refractivity contribution in [3.63, 3.8) is 0 Å². The molecular formula is C7H17N3O2S. The van der Waals surface area contributed by atoms with Crippen LogP contribution in [0.5, 0.6) is 0 Å². The van der Waals surface area contributed by atoms with Crippen molar-refractivity contribution in [2.45, 2.75) is 37.6 Å². The van der Waals surface area contributed by atoms with Crippen LogP contribution in [0.3, 0.4) is 0 Å². The summed E-state index contributed by atoms with van der Waals surface area (Å²) in [6.07, 6.45) is 4.76. The van der Waals surface area contributed by atoms with E-state index in [-0.39, 0.29) is 0 Å². The Balaban J connectivity index is 2.68. The first-order valence-electron chi connectivity index (χ1n) is 4.49. The smallest absolute Gasteiger partial charge is 0.274 e. The molecular weight excluding hydrogens is 190 g/mol. The van der Waals surface area contributed by atoms with Crippen molar-refractivity contribution >= 4 is 10.2 Å². The van der Waals surface area contributed by atoms with Gasteiger partial charge in [-0.15, -0.1) is 0 Å². The molecule has 78 valence electrons. The largest absolute Gasteiger partial charge is 0.329 e. The fraction of sp³-hybridized carbons (Fsp3) is 1.00. The summed E-state index contributed by atoms with van der Waals surface area (Å²) >= 11 is 0. The first-order chi connectivity index (χ1) is 5.97. The minimum absolute atomic E-state index is 0.323. The van der Waals surface area contributed by atoms with Crippen LogP contribution in [0.4, 0.5) is 0 Å². The molecule has 5 nitrogen and oxygen atoms in total. The summed E-state index contributed by atoms with van der Waals surface area (Å²) in [4.78, 5) is 0. The van der Waals surface area contributed by atoms with Crippen molar-refractivity contribution in [2.24, 2.45) is 10.9 Å². The van der Waals surface area contributed by atoms with Crippen molar-refractivity contribution < 1.29 is 8.42 Å². The van der Waals surface area contributed by atoms with Gasteiger partial charge in [0.25, 0.3) is 10.2 Å². The quantitative estimate of drug-likeness (QED) is 0.578. The fourth-order valence-electron chi connectivity index (χ4n) is 1.88. The summed E-state index contributed by atoms with van der Waals surface area (Å²) in [5.41, 5.74) is 5.08. The molecule has 1 fully saturated rings. The summed E-state index contributed by atoms with van der Waals surface area (Å²) < 4.78 is 24.2. The number of rotatable bonds is 3. The molecule has 0 aliphatic heterocycles. The van der Waals surface area contributed by atoms with E-state index in [1.54, 1.807) is 0 Å². The van der Waals surface area contributed by atoms with Crippen molar-refractivity contribution in [3.05, 3.63) is 0 Å². The molecule has 0 saturated heterocycles. The Morgan fingerprint density at radius 3 is 2.15 bits per heavy atom. The highest BCUT2D eigenvalue weighted by molar-refractivity contribution is 7.87. The van der Waals surface area contributed by atoms with E-state index in [0.717, 1.165) is 32.1 Å². The van der Waals surface area contributed by atoms with E-state index >= 15 is 0 Å². The lowest BCUT2D eigenvalue weighted by Gasteiger charge is -2.35. The van der Waals surface area contributed by atoms with Crippen LogP contribution in [0.1, 0.15) is 32.1 Å². The molecule has 0 amide bonds. The molecule has 1 rings (SSSR count). The minimum atomic E-state index is -3.62. The lowest BCUT2D eigenvalue weighted by Crippen LogP contribution is -2.56. The van der Waals surface area contributed by atoms with Crippen molar-refractivity contribution in [1.82, 2.24) is 4.72 Å². The second kappa shape index (κ2) is 3.91. The summed E-state index contributed by atoms with van der Waals surface area (Å²) in [5.74, 6) is 0. The summed E-state index contributed by atoms with van der Waals surface area (Å²) in [5, 5.41) is 4.93. The van der Waals surface area contributed by atoms with E-state index in [2.05, 4.69) is 4.72 Å². The van der Waals surface area contributed by atoms with Gasteiger partial charge in [0.2, 0.25) is 0 Å². The molecule has 0 aromatic heterocycles. The monoisotopic (exact) mass is 207 g/mol. The lowest BCUT2D eigenvalue weighted by atomic mass is 9.83. The molecule has 0 atom stereocenters. The zero-order valence-corrected chi connectivity index (χ0v) is 8.44. The lowest BCUT2D eigenvalue weighted by molar-refractivity contribution is 0.276. The van der Waals surface area contributed by atoms with Gasteiger partial charge in [0.15, 0.2) is 0 Å². The second-order valence-electron chi connectivity index (χ2n) is 3.69. The topological polar surface area (TPSA) is 98.2 Å². The average molecular weight is 207 g/mol. The van der Waals surface area contributed by atoms with E-state index < -0.39 is 15.7 Å². The van der Waals surface area contributed by atoms with Gasteiger partial charge >= 0.3 is 0 Å². The molecule has 0 aromatic carbocycles. The Bertz CT molecular complexity index is 257. The van der Waals surface area contributed by atoms with Gasteiger partial charge in [0.05, 0.1) is 0 Å². The predicted octanol–water partition coefficient (Wildman–Crippen LogP) is -0.559. The number of nitrogens with one attached hydrogen (secondary N) is 1. The van der Waals surface area contributed by atoms with Crippen LogP contribution >= 0.6 is 0 Å². The van der Waals surface area contributed by atoms with Crippen LogP contribution < -0.4 is 15.6 Å². The standard InChI is InChI=1S/C7H17N3O2S/c8-6-7(10-13(9,11)12)4-2-1-3-5-7/h10H,1-6,8H2,(H2,9,11,12). The maximum atomic E-state index is 10.9.